The number of amides is 1. The number of nitrogens with two attached hydrogens (primary N) is 1. The molecule has 0 unspecified atom stereocenters. The molecule has 0 atom stereocenters. The van der Waals surface area contributed by atoms with Crippen molar-refractivity contribution < 1.29 is 4.79 Å². The van der Waals surface area contributed by atoms with E-state index in [1.807, 2.05) is 31.2 Å². The zero-order valence-corrected chi connectivity index (χ0v) is 13.7. The first-order valence-corrected chi connectivity index (χ1v) is 7.65. The summed E-state index contributed by atoms with van der Waals surface area (Å²) in [4.78, 5) is 15.7. The summed E-state index contributed by atoms with van der Waals surface area (Å²) in [5, 5.41) is 13.5. The minimum atomic E-state index is -0.586. The Balaban J connectivity index is 2.20. The SMILES string of the molecule is C=C(C(N)=O)c1ccc2ncc(C#N)c(Nc3cccc(C)c3)c2c1. The molecule has 0 bridgehead atoms. The molecule has 1 amide bonds. The topological polar surface area (TPSA) is 91.8 Å². The Hall–Kier alpha value is -3.65. The van der Waals surface area contributed by atoms with Gasteiger partial charge in [0.1, 0.15) is 6.07 Å². The number of carbonyl (C=O) groups is 1. The summed E-state index contributed by atoms with van der Waals surface area (Å²) in [7, 11) is 0. The number of nitrogens with zero attached hydrogens (tertiary/aromatic N) is 2. The van der Waals surface area contributed by atoms with Crippen molar-refractivity contribution in [3.8, 4) is 6.07 Å². The van der Waals surface area contributed by atoms with Gasteiger partial charge in [0.2, 0.25) is 5.91 Å². The maximum atomic E-state index is 11.4. The van der Waals surface area contributed by atoms with Crippen LogP contribution < -0.4 is 11.1 Å². The minimum absolute atomic E-state index is 0.214. The molecule has 1 aromatic heterocycles. The van der Waals surface area contributed by atoms with Crippen molar-refractivity contribution in [3.63, 3.8) is 0 Å². The smallest absolute Gasteiger partial charge is 0.248 e. The highest BCUT2D eigenvalue weighted by atomic mass is 16.1. The highest BCUT2D eigenvalue weighted by Crippen LogP contribution is 2.31. The van der Waals surface area contributed by atoms with Gasteiger partial charge >= 0.3 is 0 Å². The Morgan fingerprint density at radius 1 is 1.28 bits per heavy atom. The Kier molecular flexibility index (Phi) is 4.19. The molecule has 0 fully saturated rings. The number of aryl methyl sites for hydroxylation is 1. The lowest BCUT2D eigenvalue weighted by Crippen LogP contribution is -2.12. The van der Waals surface area contributed by atoms with Crippen LogP contribution in [-0.4, -0.2) is 10.9 Å². The summed E-state index contributed by atoms with van der Waals surface area (Å²) in [6.45, 7) is 5.71. The molecule has 5 nitrogen and oxygen atoms in total. The Bertz CT molecular complexity index is 1050. The van der Waals surface area contributed by atoms with E-state index < -0.39 is 5.91 Å². The van der Waals surface area contributed by atoms with Gasteiger partial charge in [0.15, 0.2) is 0 Å². The number of hydrogen-bond acceptors (Lipinski definition) is 4. The van der Waals surface area contributed by atoms with Crippen molar-refractivity contribution in [1.29, 1.82) is 5.26 Å². The molecular weight excluding hydrogens is 312 g/mol. The Morgan fingerprint density at radius 2 is 2.08 bits per heavy atom. The fourth-order valence-corrected chi connectivity index (χ4v) is 2.61. The molecule has 3 rings (SSSR count). The molecule has 0 spiro atoms. The molecule has 0 saturated carbocycles. The van der Waals surface area contributed by atoms with Crippen LogP contribution in [0.4, 0.5) is 11.4 Å². The van der Waals surface area contributed by atoms with Gasteiger partial charge in [0.25, 0.3) is 0 Å². The lowest BCUT2D eigenvalue weighted by atomic mass is 10.0. The number of nitriles is 1. The number of benzene rings is 2. The summed E-state index contributed by atoms with van der Waals surface area (Å²) in [5.41, 5.74) is 9.86. The van der Waals surface area contributed by atoms with Crippen LogP contribution in [0, 0.1) is 18.3 Å². The summed E-state index contributed by atoms with van der Waals surface area (Å²) in [6.07, 6.45) is 1.53. The van der Waals surface area contributed by atoms with E-state index in [9.17, 15) is 10.1 Å². The van der Waals surface area contributed by atoms with Crippen LogP contribution in [0.25, 0.3) is 16.5 Å². The first-order chi connectivity index (χ1) is 12.0. The fourth-order valence-electron chi connectivity index (χ4n) is 2.61. The van der Waals surface area contributed by atoms with Gasteiger partial charge < -0.3 is 11.1 Å². The molecule has 122 valence electrons. The highest BCUT2D eigenvalue weighted by molar-refractivity contribution is 6.18. The number of rotatable bonds is 4. The monoisotopic (exact) mass is 328 g/mol. The average molecular weight is 328 g/mol. The summed E-state index contributed by atoms with van der Waals surface area (Å²) in [5.74, 6) is -0.586. The number of aromatic nitrogens is 1. The summed E-state index contributed by atoms with van der Waals surface area (Å²) in [6, 6.07) is 15.3. The van der Waals surface area contributed by atoms with E-state index in [0.29, 0.717) is 22.3 Å². The fraction of sp³-hybridized carbons (Fsp3) is 0.0500. The van der Waals surface area contributed by atoms with Crippen LogP contribution in [0.2, 0.25) is 0 Å². The first-order valence-electron chi connectivity index (χ1n) is 7.65. The number of fused-ring (bicyclic) bond motifs is 1. The quantitative estimate of drug-likeness (QED) is 0.715. The third-order valence-corrected chi connectivity index (χ3v) is 3.92. The summed E-state index contributed by atoms with van der Waals surface area (Å²) < 4.78 is 0. The van der Waals surface area contributed by atoms with Crippen LogP contribution in [0.1, 0.15) is 16.7 Å². The van der Waals surface area contributed by atoms with E-state index in [0.717, 1.165) is 16.6 Å². The van der Waals surface area contributed by atoms with Gasteiger partial charge in [-0.15, -0.1) is 0 Å². The van der Waals surface area contributed by atoms with E-state index in [1.54, 1.807) is 18.2 Å². The largest absolute Gasteiger partial charge is 0.366 e. The second kappa shape index (κ2) is 6.46. The number of carbonyl (C=O) groups excluding carboxylic acids is 1. The highest BCUT2D eigenvalue weighted by Gasteiger charge is 2.12. The minimum Gasteiger partial charge on any atom is -0.366 e. The van der Waals surface area contributed by atoms with Crippen molar-refractivity contribution in [3.05, 3.63) is 71.9 Å². The van der Waals surface area contributed by atoms with Crippen molar-refractivity contribution in [2.75, 3.05) is 5.32 Å². The third-order valence-electron chi connectivity index (χ3n) is 3.92. The van der Waals surface area contributed by atoms with Crippen molar-refractivity contribution in [2.24, 2.45) is 5.73 Å². The zero-order chi connectivity index (χ0) is 18.0. The molecule has 25 heavy (non-hydrogen) atoms. The number of anilines is 2. The number of pyridine rings is 1. The van der Waals surface area contributed by atoms with E-state index in [1.165, 1.54) is 6.20 Å². The summed E-state index contributed by atoms with van der Waals surface area (Å²) >= 11 is 0. The maximum absolute atomic E-state index is 11.4. The second-order valence-corrected chi connectivity index (χ2v) is 5.73. The first kappa shape index (κ1) is 16.2. The van der Waals surface area contributed by atoms with Crippen LogP contribution in [-0.2, 0) is 4.79 Å². The van der Waals surface area contributed by atoms with Gasteiger partial charge in [0, 0.05) is 22.8 Å². The van der Waals surface area contributed by atoms with Crippen LogP contribution in [0.3, 0.4) is 0 Å². The molecule has 5 heteroatoms. The van der Waals surface area contributed by atoms with Crippen molar-refractivity contribution in [2.45, 2.75) is 6.92 Å². The van der Waals surface area contributed by atoms with Gasteiger partial charge in [-0.25, -0.2) is 0 Å². The zero-order valence-electron chi connectivity index (χ0n) is 13.7. The van der Waals surface area contributed by atoms with Gasteiger partial charge in [-0.05, 0) is 42.3 Å². The second-order valence-electron chi connectivity index (χ2n) is 5.73. The van der Waals surface area contributed by atoms with Crippen LogP contribution >= 0.6 is 0 Å². The molecule has 0 saturated heterocycles. The average Bonchev–Trinajstić information content (AvgIpc) is 2.61. The number of primary amides is 1. The molecule has 3 N–H and O–H groups in total. The van der Waals surface area contributed by atoms with Gasteiger partial charge in [-0.3, -0.25) is 9.78 Å². The van der Waals surface area contributed by atoms with Gasteiger partial charge in [0.05, 0.1) is 16.8 Å². The molecule has 1 heterocycles. The number of hydrogen-bond donors (Lipinski definition) is 2. The predicted octanol–water partition coefficient (Wildman–Crippen LogP) is 3.66. The molecule has 0 aliphatic carbocycles. The Labute approximate surface area is 145 Å². The molecule has 2 aromatic carbocycles. The lowest BCUT2D eigenvalue weighted by molar-refractivity contribution is -0.112. The Morgan fingerprint density at radius 3 is 2.76 bits per heavy atom. The maximum Gasteiger partial charge on any atom is 0.248 e. The van der Waals surface area contributed by atoms with Crippen LogP contribution in [0.5, 0.6) is 0 Å². The molecule has 0 aliphatic rings. The van der Waals surface area contributed by atoms with Crippen molar-refractivity contribution in [1.82, 2.24) is 4.98 Å². The van der Waals surface area contributed by atoms with E-state index in [-0.39, 0.29) is 5.57 Å². The van der Waals surface area contributed by atoms with Gasteiger partial charge in [-0.1, -0.05) is 24.8 Å². The predicted molar refractivity (Wildman–Crippen MR) is 99.1 cm³/mol. The molecule has 0 aliphatic heterocycles. The van der Waals surface area contributed by atoms with E-state index in [4.69, 9.17) is 5.73 Å². The lowest BCUT2D eigenvalue weighted by Gasteiger charge is -2.13. The van der Waals surface area contributed by atoms with Crippen LogP contribution in [0.15, 0.2) is 55.2 Å². The number of nitrogens with one attached hydrogen (secondary N) is 1. The molecular formula is C20H16N4O. The van der Waals surface area contributed by atoms with Crippen molar-refractivity contribution >= 4 is 33.8 Å². The van der Waals surface area contributed by atoms with E-state index in [2.05, 4.69) is 22.9 Å². The van der Waals surface area contributed by atoms with Gasteiger partial charge in [-0.2, -0.15) is 5.26 Å². The third kappa shape index (κ3) is 3.19. The van der Waals surface area contributed by atoms with E-state index >= 15 is 0 Å². The molecule has 0 radical (unpaired) electrons. The normalized spacial score (nSPS) is 10.2. The molecule has 3 aromatic rings. The standard InChI is InChI=1S/C20H16N4O/c1-12-4-3-5-16(8-12)24-19-15(10-21)11-23-18-7-6-14(9-17(18)19)13(2)20(22)25/h3-9,11H,2H2,1H3,(H2,22,25)(H,23,24).